The summed E-state index contributed by atoms with van der Waals surface area (Å²) >= 11 is 0. The summed E-state index contributed by atoms with van der Waals surface area (Å²) in [5.41, 5.74) is 0. The highest BCUT2D eigenvalue weighted by molar-refractivity contribution is 5.90. The van der Waals surface area contributed by atoms with Crippen molar-refractivity contribution in [3.05, 3.63) is 12.2 Å². The number of carboxylic acid groups (broad SMARTS) is 1. The number of esters is 1. The molecule has 0 aromatic rings. The first-order valence-corrected chi connectivity index (χ1v) is 6.33. The van der Waals surface area contributed by atoms with Crippen LogP contribution in [0.3, 0.4) is 0 Å². The second-order valence-corrected chi connectivity index (χ2v) is 3.52. The highest BCUT2D eigenvalue weighted by atomic mass is 16.6. The van der Waals surface area contributed by atoms with Crippen LogP contribution in [0.4, 0.5) is 0 Å². The van der Waals surface area contributed by atoms with Crippen LogP contribution in [0, 0.1) is 0 Å². The van der Waals surface area contributed by atoms with Gasteiger partial charge in [0.1, 0.15) is 6.61 Å². The van der Waals surface area contributed by atoms with Gasteiger partial charge in [0.2, 0.25) is 0 Å². The molecule has 0 amide bonds. The average Bonchev–Trinajstić information content (AvgIpc) is 2.42. The molecular weight excluding hydrogens is 268 g/mol. The lowest BCUT2D eigenvalue weighted by molar-refractivity contribution is -0.139. The minimum atomic E-state index is -1.18. The molecule has 2 N–H and O–H groups in total. The topological polar surface area (TPSA) is 102 Å². The molecule has 0 atom stereocenters. The van der Waals surface area contributed by atoms with Gasteiger partial charge in [-0.1, -0.05) is 13.3 Å². The van der Waals surface area contributed by atoms with E-state index < -0.39 is 11.9 Å². The number of hydrogen-bond donors (Lipinski definition) is 2. The predicted octanol–water partition coefficient (Wildman–Crippen LogP) is 0.612. The van der Waals surface area contributed by atoms with Gasteiger partial charge in [0.05, 0.1) is 19.8 Å². The molecule has 0 aromatic heterocycles. The number of hydrogen-bond acceptors (Lipinski definition) is 6. The third kappa shape index (κ3) is 21.8. The predicted molar refractivity (Wildman–Crippen MR) is 72.4 cm³/mol. The number of carboxylic acids is 1. The first-order chi connectivity index (χ1) is 9.58. The second kappa shape index (κ2) is 17.6. The first kappa shape index (κ1) is 20.9. The minimum Gasteiger partial charge on any atom is -0.478 e. The number of methoxy groups -OCH3 is 1. The molecule has 20 heavy (non-hydrogen) atoms. The number of ether oxygens (including phenoxy) is 3. The second-order valence-electron chi connectivity index (χ2n) is 3.52. The largest absolute Gasteiger partial charge is 0.478 e. The molecule has 0 rings (SSSR count). The van der Waals surface area contributed by atoms with Crippen molar-refractivity contribution in [1.82, 2.24) is 0 Å². The monoisotopic (exact) mass is 292 g/mol. The van der Waals surface area contributed by atoms with Gasteiger partial charge < -0.3 is 24.4 Å². The average molecular weight is 292 g/mol. The fraction of sp³-hybridized carbons (Fsp3) is 0.692. The van der Waals surface area contributed by atoms with E-state index >= 15 is 0 Å². The lowest BCUT2D eigenvalue weighted by Gasteiger charge is -1.98. The summed E-state index contributed by atoms with van der Waals surface area (Å²) in [4.78, 5) is 20.5. The third-order valence-corrected chi connectivity index (χ3v) is 1.77. The zero-order valence-electron chi connectivity index (χ0n) is 12.0. The molecule has 0 spiro atoms. The van der Waals surface area contributed by atoms with Crippen LogP contribution in [0.2, 0.25) is 0 Å². The number of aliphatic hydroxyl groups excluding tert-OH is 1. The zero-order valence-corrected chi connectivity index (χ0v) is 12.0. The van der Waals surface area contributed by atoms with Crippen LogP contribution in [0.15, 0.2) is 12.2 Å². The molecule has 0 aliphatic heterocycles. The molecule has 0 saturated carbocycles. The summed E-state index contributed by atoms with van der Waals surface area (Å²) in [6, 6.07) is 0. The molecule has 118 valence electrons. The molecular formula is C13H24O7. The number of aliphatic hydroxyl groups is 1. The van der Waals surface area contributed by atoms with Crippen molar-refractivity contribution in [1.29, 1.82) is 0 Å². The number of aliphatic carboxylic acids is 1. The quantitative estimate of drug-likeness (QED) is 0.345. The fourth-order valence-corrected chi connectivity index (χ4v) is 0.826. The molecule has 0 aromatic carbocycles. The molecule has 0 radical (unpaired) electrons. The van der Waals surface area contributed by atoms with Crippen molar-refractivity contribution < 1.29 is 34.0 Å². The highest BCUT2D eigenvalue weighted by Gasteiger charge is 1.96. The van der Waals surface area contributed by atoms with Crippen LogP contribution in [0.1, 0.15) is 19.8 Å². The van der Waals surface area contributed by atoms with Crippen LogP contribution in [0.25, 0.3) is 0 Å². The lowest BCUT2D eigenvalue weighted by Crippen LogP contribution is -2.07. The van der Waals surface area contributed by atoms with Crippen LogP contribution in [0.5, 0.6) is 0 Å². The smallest absolute Gasteiger partial charge is 0.331 e. The Balaban J connectivity index is 0. The minimum absolute atomic E-state index is 0.124. The Morgan fingerprint density at radius 2 is 1.80 bits per heavy atom. The zero-order chi connectivity index (χ0) is 15.6. The molecule has 0 fully saturated rings. The van der Waals surface area contributed by atoms with E-state index in [-0.39, 0.29) is 13.2 Å². The van der Waals surface area contributed by atoms with E-state index in [0.29, 0.717) is 13.2 Å². The Morgan fingerprint density at radius 1 is 1.10 bits per heavy atom. The van der Waals surface area contributed by atoms with Crippen LogP contribution in [-0.4, -0.2) is 62.3 Å². The van der Waals surface area contributed by atoms with Gasteiger partial charge >= 0.3 is 11.9 Å². The summed E-state index contributed by atoms with van der Waals surface area (Å²) < 4.78 is 14.1. The van der Waals surface area contributed by atoms with E-state index in [4.69, 9.17) is 14.9 Å². The molecule has 0 unspecified atom stereocenters. The van der Waals surface area contributed by atoms with Crippen LogP contribution in [-0.2, 0) is 23.8 Å². The van der Waals surface area contributed by atoms with E-state index in [1.54, 1.807) is 0 Å². The number of unbranched alkanes of at least 4 members (excludes halogenated alkanes) is 1. The molecule has 0 aliphatic carbocycles. The molecule has 0 saturated heterocycles. The normalized spacial score (nSPS) is 9.95. The lowest BCUT2D eigenvalue weighted by atomic mass is 10.4. The van der Waals surface area contributed by atoms with Crippen molar-refractivity contribution in [3.63, 3.8) is 0 Å². The third-order valence-electron chi connectivity index (χ3n) is 1.77. The van der Waals surface area contributed by atoms with E-state index in [1.807, 2.05) is 0 Å². The van der Waals surface area contributed by atoms with Crippen molar-refractivity contribution in [2.45, 2.75) is 19.8 Å². The van der Waals surface area contributed by atoms with Crippen molar-refractivity contribution in [2.75, 3.05) is 40.1 Å². The summed E-state index contributed by atoms with van der Waals surface area (Å²) in [7, 11) is 1.47. The number of carbonyl (C=O) groups excluding carboxylic acids is 1. The maximum Gasteiger partial charge on any atom is 0.331 e. The summed E-state index contributed by atoms with van der Waals surface area (Å²) in [5.74, 6) is -1.87. The van der Waals surface area contributed by atoms with Crippen LogP contribution < -0.4 is 0 Å². The van der Waals surface area contributed by atoms with Gasteiger partial charge in [0.15, 0.2) is 0 Å². The van der Waals surface area contributed by atoms with Gasteiger partial charge in [-0.05, 0) is 6.42 Å². The highest BCUT2D eigenvalue weighted by Crippen LogP contribution is 1.86. The molecule has 7 nitrogen and oxygen atoms in total. The van der Waals surface area contributed by atoms with Gasteiger partial charge in [-0.15, -0.1) is 0 Å². The summed E-state index contributed by atoms with van der Waals surface area (Å²) in [6.45, 7) is 3.95. The van der Waals surface area contributed by atoms with E-state index in [1.165, 1.54) is 7.11 Å². The van der Waals surface area contributed by atoms with Gasteiger partial charge in [-0.25, -0.2) is 9.59 Å². The molecule has 7 heteroatoms. The van der Waals surface area contributed by atoms with E-state index in [2.05, 4.69) is 16.4 Å². The number of carbonyl (C=O) groups is 2. The molecule has 0 bridgehead atoms. The van der Waals surface area contributed by atoms with Gasteiger partial charge in [0.25, 0.3) is 0 Å². The molecule has 0 heterocycles. The van der Waals surface area contributed by atoms with E-state index in [0.717, 1.165) is 31.6 Å². The maximum atomic E-state index is 10.6. The maximum absolute atomic E-state index is 10.6. The van der Waals surface area contributed by atoms with Crippen molar-refractivity contribution >= 4 is 11.9 Å². The van der Waals surface area contributed by atoms with Crippen molar-refractivity contribution in [2.24, 2.45) is 0 Å². The summed E-state index contributed by atoms with van der Waals surface area (Å²) in [6.07, 6.45) is 3.82. The van der Waals surface area contributed by atoms with Gasteiger partial charge in [0, 0.05) is 25.9 Å². The Hall–Kier alpha value is -1.44. The summed E-state index contributed by atoms with van der Waals surface area (Å²) in [5, 5.41) is 16.4. The van der Waals surface area contributed by atoms with E-state index in [9.17, 15) is 9.59 Å². The Morgan fingerprint density at radius 3 is 2.30 bits per heavy atom. The number of rotatable bonds is 10. The standard InChI is InChI=1S/C7H10O5.C6H14O2/c1-11-4-5-12-7(10)3-2-6(8)9;1-2-3-5-8-6-4-7/h2-3H,4-5H2,1H3,(H,8,9);7H,2-6H2,1H3/b3-2-;. The molecule has 0 aliphatic rings. The van der Waals surface area contributed by atoms with Crippen molar-refractivity contribution in [3.8, 4) is 0 Å². The Labute approximate surface area is 119 Å². The Kier molecular flexibility index (Phi) is 18.3. The fourth-order valence-electron chi connectivity index (χ4n) is 0.826. The van der Waals surface area contributed by atoms with Crippen LogP contribution >= 0.6 is 0 Å². The van der Waals surface area contributed by atoms with Gasteiger partial charge in [-0.2, -0.15) is 0 Å². The first-order valence-electron chi connectivity index (χ1n) is 6.33. The Bertz CT molecular complexity index is 257. The van der Waals surface area contributed by atoms with Gasteiger partial charge in [-0.3, -0.25) is 0 Å². The SMILES string of the molecule is CCCCOCCO.COCCOC(=O)/C=C\C(=O)O.